The minimum atomic E-state index is -4.41. The summed E-state index contributed by atoms with van der Waals surface area (Å²) in [5, 5.41) is 8.38. The van der Waals surface area contributed by atoms with Crippen LogP contribution in [0.15, 0.2) is 0 Å². The van der Waals surface area contributed by atoms with Crippen molar-refractivity contribution in [2.24, 2.45) is 5.92 Å². The van der Waals surface area contributed by atoms with Crippen molar-refractivity contribution in [1.82, 2.24) is 4.90 Å². The lowest BCUT2D eigenvalue weighted by molar-refractivity contribution is -0.163. The van der Waals surface area contributed by atoms with E-state index in [4.69, 9.17) is 5.26 Å². The highest BCUT2D eigenvalue weighted by Gasteiger charge is 2.40. The van der Waals surface area contributed by atoms with Crippen molar-refractivity contribution in [3.05, 3.63) is 0 Å². The average molecular weight is 208 g/mol. The van der Waals surface area contributed by atoms with E-state index >= 15 is 0 Å². The Morgan fingerprint density at radius 3 is 2.21 bits per heavy atom. The zero-order valence-corrected chi connectivity index (χ0v) is 8.43. The van der Waals surface area contributed by atoms with Gasteiger partial charge < -0.3 is 4.90 Å². The number of nitriles is 1. The van der Waals surface area contributed by atoms with E-state index in [1.807, 2.05) is 6.92 Å². The third-order valence-corrected chi connectivity index (χ3v) is 1.98. The number of hydrogen-bond acceptors (Lipinski definition) is 2. The van der Waals surface area contributed by atoms with Crippen molar-refractivity contribution in [3.63, 3.8) is 0 Å². The average Bonchev–Trinajstić information content (AvgIpc) is 2.10. The van der Waals surface area contributed by atoms with Crippen molar-refractivity contribution in [2.75, 3.05) is 19.6 Å². The molecule has 0 aromatic carbocycles. The molecule has 0 spiro atoms. The van der Waals surface area contributed by atoms with Crippen molar-refractivity contribution in [3.8, 4) is 6.07 Å². The first-order valence-electron chi connectivity index (χ1n) is 4.64. The van der Waals surface area contributed by atoms with Crippen LogP contribution in [0.4, 0.5) is 13.2 Å². The molecule has 0 aliphatic rings. The maximum Gasteiger partial charge on any atom is 0.405 e. The molecule has 1 atom stereocenters. The summed E-state index contributed by atoms with van der Waals surface area (Å²) in [4.78, 5) is 1.64. The highest BCUT2D eigenvalue weighted by molar-refractivity contribution is 4.90. The Morgan fingerprint density at radius 1 is 1.36 bits per heavy atom. The molecule has 0 saturated heterocycles. The molecule has 0 aromatic rings. The van der Waals surface area contributed by atoms with Crippen LogP contribution in [0.3, 0.4) is 0 Å². The first-order valence-corrected chi connectivity index (χ1v) is 4.64. The van der Waals surface area contributed by atoms with Crippen LogP contribution in [-0.2, 0) is 0 Å². The van der Waals surface area contributed by atoms with Crippen LogP contribution in [-0.4, -0.2) is 30.7 Å². The molecule has 0 aromatic heterocycles. The Kier molecular flexibility index (Phi) is 5.55. The minimum Gasteiger partial charge on any atom is -0.302 e. The van der Waals surface area contributed by atoms with Gasteiger partial charge in [0.1, 0.15) is 0 Å². The summed E-state index contributed by atoms with van der Waals surface area (Å²) in [5.74, 6) is -1.87. The fraction of sp³-hybridized carbons (Fsp3) is 0.889. The van der Waals surface area contributed by atoms with Crippen molar-refractivity contribution < 1.29 is 13.2 Å². The summed E-state index contributed by atoms with van der Waals surface area (Å²) < 4.78 is 36.6. The highest BCUT2D eigenvalue weighted by Crippen LogP contribution is 2.26. The van der Waals surface area contributed by atoms with E-state index in [2.05, 4.69) is 0 Å². The molecule has 0 radical (unpaired) electrons. The quantitative estimate of drug-likeness (QED) is 0.693. The van der Waals surface area contributed by atoms with E-state index in [0.29, 0.717) is 13.1 Å². The number of hydrogen-bond donors (Lipinski definition) is 0. The molecule has 0 rings (SSSR count). The van der Waals surface area contributed by atoms with E-state index in [-0.39, 0.29) is 6.54 Å². The number of alkyl halides is 3. The number of rotatable bonds is 5. The maximum absolute atomic E-state index is 12.2. The summed E-state index contributed by atoms with van der Waals surface area (Å²) in [6.07, 6.45) is -3.61. The van der Waals surface area contributed by atoms with E-state index in [1.54, 1.807) is 11.8 Å². The first-order chi connectivity index (χ1) is 6.45. The van der Waals surface area contributed by atoms with Gasteiger partial charge in [0.2, 0.25) is 0 Å². The Labute approximate surface area is 82.3 Å². The summed E-state index contributed by atoms with van der Waals surface area (Å²) in [5.41, 5.74) is 0. The van der Waals surface area contributed by atoms with Gasteiger partial charge in [0.25, 0.3) is 0 Å². The number of nitrogens with zero attached hydrogens (tertiary/aromatic N) is 2. The lowest BCUT2D eigenvalue weighted by atomic mass is 10.1. The van der Waals surface area contributed by atoms with Crippen LogP contribution in [0.2, 0.25) is 0 Å². The van der Waals surface area contributed by atoms with Gasteiger partial charge in [-0.1, -0.05) is 13.8 Å². The summed E-state index contributed by atoms with van der Waals surface area (Å²) in [7, 11) is 0. The van der Waals surface area contributed by atoms with Crippen LogP contribution in [0.25, 0.3) is 0 Å². The molecule has 0 fully saturated rings. The maximum atomic E-state index is 12.2. The van der Waals surface area contributed by atoms with Crippen molar-refractivity contribution in [1.29, 1.82) is 5.26 Å². The van der Waals surface area contributed by atoms with Gasteiger partial charge in [-0.3, -0.25) is 0 Å². The molecule has 0 bridgehead atoms. The molecule has 14 heavy (non-hydrogen) atoms. The molecule has 0 aliphatic carbocycles. The fourth-order valence-corrected chi connectivity index (χ4v) is 1.17. The Balaban J connectivity index is 4.24. The van der Waals surface area contributed by atoms with E-state index < -0.39 is 12.1 Å². The van der Waals surface area contributed by atoms with Gasteiger partial charge in [-0.2, -0.15) is 18.4 Å². The minimum absolute atomic E-state index is 0.218. The van der Waals surface area contributed by atoms with Gasteiger partial charge in [0.15, 0.2) is 5.92 Å². The Morgan fingerprint density at radius 2 is 1.93 bits per heavy atom. The summed E-state index contributed by atoms with van der Waals surface area (Å²) in [6, 6.07) is 1.30. The molecule has 2 nitrogen and oxygen atoms in total. The molecule has 0 aliphatic heterocycles. The van der Waals surface area contributed by atoms with Crippen LogP contribution in [0, 0.1) is 17.2 Å². The first kappa shape index (κ1) is 13.2. The van der Waals surface area contributed by atoms with E-state index in [0.717, 1.165) is 6.42 Å². The largest absolute Gasteiger partial charge is 0.405 e. The molecule has 1 unspecified atom stereocenters. The van der Waals surface area contributed by atoms with Crippen molar-refractivity contribution in [2.45, 2.75) is 26.4 Å². The Hall–Kier alpha value is -0.760. The van der Waals surface area contributed by atoms with Crippen LogP contribution in [0.1, 0.15) is 20.3 Å². The fourth-order valence-electron chi connectivity index (χ4n) is 1.17. The monoisotopic (exact) mass is 208 g/mol. The van der Waals surface area contributed by atoms with Gasteiger partial charge in [-0.25, -0.2) is 0 Å². The second-order valence-corrected chi connectivity index (χ2v) is 3.12. The van der Waals surface area contributed by atoms with Crippen LogP contribution >= 0.6 is 0 Å². The zero-order valence-electron chi connectivity index (χ0n) is 8.43. The Bertz CT molecular complexity index is 195. The molecule has 0 saturated carbocycles. The van der Waals surface area contributed by atoms with Gasteiger partial charge in [0, 0.05) is 6.54 Å². The van der Waals surface area contributed by atoms with Gasteiger partial charge in [-0.15, -0.1) is 0 Å². The topological polar surface area (TPSA) is 27.0 Å². The third-order valence-electron chi connectivity index (χ3n) is 1.98. The molecular weight excluding hydrogens is 193 g/mol. The van der Waals surface area contributed by atoms with E-state index in [1.165, 1.54) is 6.07 Å². The lowest BCUT2D eigenvalue weighted by Gasteiger charge is -2.23. The normalized spacial score (nSPS) is 14.1. The third kappa shape index (κ3) is 4.47. The standard InChI is InChI=1S/C9H15F3N2/c1-3-5-14(4-2)7-8(6-13)9(10,11)12/h8H,3-5,7H2,1-2H3. The van der Waals surface area contributed by atoms with E-state index in [9.17, 15) is 13.2 Å². The second-order valence-electron chi connectivity index (χ2n) is 3.12. The van der Waals surface area contributed by atoms with Gasteiger partial charge in [0.05, 0.1) is 6.07 Å². The second kappa shape index (κ2) is 5.86. The molecule has 5 heteroatoms. The molecule has 0 amide bonds. The smallest absolute Gasteiger partial charge is 0.302 e. The van der Waals surface area contributed by atoms with Crippen LogP contribution in [0.5, 0.6) is 0 Å². The summed E-state index contributed by atoms with van der Waals surface area (Å²) in [6.45, 7) is 4.62. The van der Waals surface area contributed by atoms with Crippen molar-refractivity contribution >= 4 is 0 Å². The molecule has 0 heterocycles. The zero-order chi connectivity index (χ0) is 11.2. The predicted octanol–water partition coefficient (Wildman–Crippen LogP) is 2.42. The number of halogens is 3. The molecule has 0 N–H and O–H groups in total. The van der Waals surface area contributed by atoms with Crippen LogP contribution < -0.4 is 0 Å². The van der Waals surface area contributed by atoms with Gasteiger partial charge >= 0.3 is 6.18 Å². The highest BCUT2D eigenvalue weighted by atomic mass is 19.4. The predicted molar refractivity (Wildman–Crippen MR) is 47.6 cm³/mol. The SMILES string of the molecule is CCCN(CC)CC(C#N)C(F)(F)F. The summed E-state index contributed by atoms with van der Waals surface area (Å²) >= 11 is 0. The lowest BCUT2D eigenvalue weighted by Crippen LogP contribution is -2.36. The molecular formula is C9H15F3N2. The molecule has 82 valence electrons. The van der Waals surface area contributed by atoms with Gasteiger partial charge in [-0.05, 0) is 19.5 Å².